The minimum absolute atomic E-state index is 0.0241. The number of aromatic nitrogens is 2. The van der Waals surface area contributed by atoms with E-state index >= 15 is 0 Å². The molecule has 1 aromatic carbocycles. The minimum atomic E-state index is -5.85. The summed E-state index contributed by atoms with van der Waals surface area (Å²) in [4.78, 5) is 17.4. The summed E-state index contributed by atoms with van der Waals surface area (Å²) in [6.45, 7) is 3.70. The van der Waals surface area contributed by atoms with Gasteiger partial charge in [0, 0.05) is 31.1 Å². The molecule has 0 bridgehead atoms. The van der Waals surface area contributed by atoms with Crippen LogP contribution in [0.25, 0.3) is 11.0 Å². The highest BCUT2D eigenvalue weighted by Gasteiger charge is 2.49. The van der Waals surface area contributed by atoms with Crippen molar-refractivity contribution in [1.82, 2.24) is 14.5 Å². The van der Waals surface area contributed by atoms with Crippen molar-refractivity contribution in [2.75, 3.05) is 13.3 Å². The van der Waals surface area contributed by atoms with E-state index in [9.17, 15) is 39.6 Å². The molecule has 36 heavy (non-hydrogen) atoms. The van der Waals surface area contributed by atoms with Crippen LogP contribution in [-0.4, -0.2) is 53.8 Å². The molecule has 0 aliphatic carbocycles. The van der Waals surface area contributed by atoms with Crippen molar-refractivity contribution in [3.8, 4) is 5.75 Å². The molecule has 0 fully saturated rings. The molecule has 1 aromatic heterocycles. The van der Waals surface area contributed by atoms with Gasteiger partial charge in [0.2, 0.25) is 6.79 Å². The normalized spacial score (nSPS) is 17.3. The molecule has 0 radical (unpaired) electrons. The number of imidazole rings is 1. The first-order valence-corrected chi connectivity index (χ1v) is 11.8. The molecule has 1 atom stereocenters. The Morgan fingerprint density at radius 3 is 2.42 bits per heavy atom. The van der Waals surface area contributed by atoms with E-state index in [2.05, 4.69) is 9.17 Å². The van der Waals surface area contributed by atoms with E-state index in [4.69, 9.17) is 9.47 Å². The summed E-state index contributed by atoms with van der Waals surface area (Å²) < 4.78 is 116. The van der Waals surface area contributed by atoms with Crippen molar-refractivity contribution in [3.63, 3.8) is 0 Å². The molecule has 0 N–H and O–H groups in total. The zero-order valence-electron chi connectivity index (χ0n) is 19.1. The Bertz CT molecular complexity index is 1270. The zero-order valence-corrected chi connectivity index (χ0v) is 19.9. The van der Waals surface area contributed by atoms with Gasteiger partial charge in [0.05, 0.1) is 22.9 Å². The van der Waals surface area contributed by atoms with Crippen LogP contribution in [-0.2, 0) is 25.2 Å². The van der Waals surface area contributed by atoms with Crippen molar-refractivity contribution in [2.24, 2.45) is 0 Å². The lowest BCUT2D eigenvalue weighted by atomic mass is 10.1. The highest BCUT2D eigenvalue weighted by molar-refractivity contribution is 7.87. The third-order valence-electron chi connectivity index (χ3n) is 5.19. The minimum Gasteiger partial charge on any atom is -0.457 e. The smallest absolute Gasteiger partial charge is 0.457 e. The average Bonchev–Trinajstić information content (AvgIpc) is 3.15. The van der Waals surface area contributed by atoms with Crippen LogP contribution in [0.4, 0.5) is 31.1 Å². The number of amides is 1. The maximum Gasteiger partial charge on any atom is 0.534 e. The molecule has 3 rings (SSSR count). The Morgan fingerprint density at radius 2 is 1.86 bits per heavy atom. The van der Waals surface area contributed by atoms with Gasteiger partial charge < -0.3 is 23.1 Å². The number of hydrogen-bond acceptors (Lipinski definition) is 7. The number of hydrogen-bond donors (Lipinski definition) is 0. The Morgan fingerprint density at radius 1 is 1.19 bits per heavy atom. The van der Waals surface area contributed by atoms with Crippen molar-refractivity contribution >= 4 is 27.2 Å². The molecule has 1 unspecified atom stereocenters. The summed E-state index contributed by atoms with van der Waals surface area (Å²) >= 11 is 0. The molecule has 0 saturated heterocycles. The lowest BCUT2D eigenvalue weighted by Crippen LogP contribution is -2.42. The summed E-state index contributed by atoms with van der Waals surface area (Å²) in [5, 5.41) is 0. The second-order valence-corrected chi connectivity index (χ2v) is 9.65. The first-order valence-electron chi connectivity index (χ1n) is 10.3. The van der Waals surface area contributed by atoms with E-state index in [-0.39, 0.29) is 35.8 Å². The Labute approximate surface area is 201 Å². The van der Waals surface area contributed by atoms with Crippen LogP contribution in [0, 0.1) is 0 Å². The van der Waals surface area contributed by atoms with Gasteiger partial charge in [-0.15, -0.1) is 0 Å². The number of nitrogens with zero attached hydrogens (tertiary/aromatic N) is 3. The molecule has 0 saturated carbocycles. The Hall–Kier alpha value is -3.17. The van der Waals surface area contributed by atoms with Crippen molar-refractivity contribution in [1.29, 1.82) is 0 Å². The largest absolute Gasteiger partial charge is 0.534 e. The lowest BCUT2D eigenvalue weighted by Gasteiger charge is -2.31. The molecule has 1 aliphatic rings. The molecule has 9 nitrogen and oxygen atoms in total. The highest BCUT2D eigenvalue weighted by atomic mass is 32.2. The van der Waals surface area contributed by atoms with Crippen molar-refractivity contribution in [3.05, 3.63) is 35.9 Å². The second kappa shape index (κ2) is 9.71. The van der Waals surface area contributed by atoms with Gasteiger partial charge in [-0.25, -0.2) is 9.78 Å². The fourth-order valence-corrected chi connectivity index (χ4v) is 3.95. The quantitative estimate of drug-likeness (QED) is 0.219. The van der Waals surface area contributed by atoms with Gasteiger partial charge in [0.1, 0.15) is 11.5 Å². The third kappa shape index (κ3) is 5.79. The number of fused-ring (bicyclic) bond motifs is 1. The number of carbonyl (C=O) groups is 1. The van der Waals surface area contributed by atoms with Gasteiger partial charge in [0.25, 0.3) is 0 Å². The molecule has 200 valence electrons. The summed E-state index contributed by atoms with van der Waals surface area (Å²) in [5.41, 5.74) is -6.69. The van der Waals surface area contributed by atoms with E-state index in [0.717, 1.165) is 17.0 Å². The maximum absolute atomic E-state index is 13.7. The number of alkyl halides is 6. The van der Waals surface area contributed by atoms with Gasteiger partial charge in [-0.2, -0.15) is 34.8 Å². The molecular weight excluding hydrogens is 524 g/mol. The van der Waals surface area contributed by atoms with E-state index in [0.29, 0.717) is 0 Å². The Kier molecular flexibility index (Phi) is 7.39. The molecule has 1 aliphatic heterocycles. The van der Waals surface area contributed by atoms with E-state index in [1.54, 1.807) is 13.8 Å². The first-order chi connectivity index (χ1) is 16.5. The SMILES string of the molecule is CC1CC(OS(=O)(=O)C(F)(F)F)=CCN1C(=O)OCOc1cc(C(F)(F)F)c2c(c1)ncn2C(C)C. The predicted molar refractivity (Wildman–Crippen MR) is 112 cm³/mol. The molecule has 0 spiro atoms. The lowest BCUT2D eigenvalue weighted by molar-refractivity contribution is -0.136. The molecule has 1 amide bonds. The predicted octanol–water partition coefficient (Wildman–Crippen LogP) is 4.95. The van der Waals surface area contributed by atoms with Crippen LogP contribution in [0.2, 0.25) is 0 Å². The Balaban J connectivity index is 1.66. The average molecular weight is 545 g/mol. The molecule has 16 heteroatoms. The van der Waals surface area contributed by atoms with Crippen molar-refractivity contribution in [2.45, 2.75) is 51.0 Å². The summed E-state index contributed by atoms with van der Waals surface area (Å²) in [7, 11) is -5.85. The van der Waals surface area contributed by atoms with Gasteiger partial charge in [0.15, 0.2) is 0 Å². The zero-order chi connectivity index (χ0) is 27.1. The van der Waals surface area contributed by atoms with E-state index < -0.39 is 52.1 Å². The van der Waals surface area contributed by atoms with Crippen LogP contribution < -0.4 is 4.74 Å². The van der Waals surface area contributed by atoms with Gasteiger partial charge in [-0.1, -0.05) is 0 Å². The maximum atomic E-state index is 13.7. The fourth-order valence-electron chi connectivity index (χ4n) is 3.44. The molecule has 2 heterocycles. The molecular formula is C20H21F6N3O6S. The first kappa shape index (κ1) is 27.4. The number of benzene rings is 1. The van der Waals surface area contributed by atoms with Crippen molar-refractivity contribution < 1.29 is 53.2 Å². The topological polar surface area (TPSA) is 100.0 Å². The number of ether oxygens (including phenoxy) is 2. The van der Waals surface area contributed by atoms with Crippen LogP contribution in [0.5, 0.6) is 5.75 Å². The fraction of sp³-hybridized carbons (Fsp3) is 0.500. The van der Waals surface area contributed by atoms with Crippen LogP contribution in [0.1, 0.15) is 38.8 Å². The molecule has 2 aromatic rings. The highest BCUT2D eigenvalue weighted by Crippen LogP contribution is 2.38. The number of rotatable bonds is 6. The standard InChI is InChI=1S/C20H21F6N3O6S/c1-11(2)29-9-27-16-8-14(7-15(17(16)29)19(21,22)23)33-10-34-18(30)28-5-4-13(6-12(28)3)35-36(31,32)20(24,25)26/h4,7-9,11-12H,5-6,10H2,1-3H3. The number of halogens is 6. The van der Waals surface area contributed by atoms with Gasteiger partial charge >= 0.3 is 27.9 Å². The summed E-state index contributed by atoms with van der Waals surface area (Å²) in [6, 6.07) is 0.917. The monoisotopic (exact) mass is 545 g/mol. The van der Waals surface area contributed by atoms with Crippen LogP contribution >= 0.6 is 0 Å². The van der Waals surface area contributed by atoms with E-state index in [1.165, 1.54) is 23.9 Å². The third-order valence-corrected chi connectivity index (χ3v) is 6.19. The van der Waals surface area contributed by atoms with E-state index in [1.807, 2.05) is 0 Å². The van der Waals surface area contributed by atoms with Gasteiger partial charge in [-0.3, -0.25) is 0 Å². The van der Waals surface area contributed by atoms with Crippen LogP contribution in [0.3, 0.4) is 0 Å². The summed E-state index contributed by atoms with van der Waals surface area (Å²) in [6.07, 6.45) is -3.80. The van der Waals surface area contributed by atoms with Gasteiger partial charge in [-0.05, 0) is 32.9 Å². The second-order valence-electron chi connectivity index (χ2n) is 8.11. The number of carbonyl (C=O) groups excluding carboxylic acids is 1. The van der Waals surface area contributed by atoms with Crippen LogP contribution in [0.15, 0.2) is 30.3 Å². The summed E-state index contributed by atoms with van der Waals surface area (Å²) in [5.74, 6) is -0.745.